The highest BCUT2D eigenvalue weighted by Gasteiger charge is 2.22. The molecule has 7 heteroatoms. The predicted octanol–water partition coefficient (Wildman–Crippen LogP) is 1.98. The lowest BCUT2D eigenvalue weighted by Crippen LogP contribution is -2.42. The Balaban J connectivity index is 1.97. The Kier molecular flexibility index (Phi) is 4.86. The minimum Gasteiger partial charge on any atom is -0.345 e. The molecule has 2 rings (SSSR count). The van der Waals surface area contributed by atoms with Crippen LogP contribution in [0.3, 0.4) is 0 Å². The Bertz CT molecular complexity index is 553. The third-order valence-electron chi connectivity index (χ3n) is 3.50. The van der Waals surface area contributed by atoms with Crippen LogP contribution in [0.2, 0.25) is 0 Å². The number of hydrogen-bond donors (Lipinski definition) is 2. The Labute approximate surface area is 121 Å². The molecule has 0 aliphatic heterocycles. The number of amides is 2. The van der Waals surface area contributed by atoms with Gasteiger partial charge in [0.15, 0.2) is 0 Å². The smallest absolute Gasteiger partial charge is 0.313 e. The van der Waals surface area contributed by atoms with E-state index in [1.807, 2.05) is 0 Å². The van der Waals surface area contributed by atoms with E-state index in [4.69, 9.17) is 0 Å². The van der Waals surface area contributed by atoms with Crippen molar-refractivity contribution in [1.29, 1.82) is 0 Å². The number of carbonyl (C=O) groups excluding carboxylic acids is 2. The van der Waals surface area contributed by atoms with E-state index in [-0.39, 0.29) is 17.4 Å². The zero-order valence-electron chi connectivity index (χ0n) is 11.5. The van der Waals surface area contributed by atoms with Crippen molar-refractivity contribution in [2.45, 2.75) is 38.1 Å². The predicted molar refractivity (Wildman–Crippen MR) is 76.7 cm³/mol. The van der Waals surface area contributed by atoms with Crippen LogP contribution in [-0.2, 0) is 9.59 Å². The number of nitrogens with one attached hydrogen (secondary N) is 2. The van der Waals surface area contributed by atoms with Gasteiger partial charge in [-0.2, -0.15) is 0 Å². The van der Waals surface area contributed by atoms with Gasteiger partial charge >= 0.3 is 11.8 Å². The highest BCUT2D eigenvalue weighted by atomic mass is 16.6. The molecule has 21 heavy (non-hydrogen) atoms. The van der Waals surface area contributed by atoms with E-state index < -0.39 is 16.7 Å². The van der Waals surface area contributed by atoms with E-state index in [9.17, 15) is 19.7 Å². The first-order chi connectivity index (χ1) is 10.1. The number of nitro benzene ring substituents is 1. The van der Waals surface area contributed by atoms with Crippen LogP contribution in [0.5, 0.6) is 0 Å². The van der Waals surface area contributed by atoms with Gasteiger partial charge in [0, 0.05) is 12.1 Å². The highest BCUT2D eigenvalue weighted by Crippen LogP contribution is 2.23. The Morgan fingerprint density at radius 1 is 1.10 bits per heavy atom. The molecular formula is C14H17N3O4. The first-order valence-corrected chi connectivity index (χ1v) is 6.93. The van der Waals surface area contributed by atoms with Gasteiger partial charge in [-0.05, 0) is 18.9 Å². The average Bonchev–Trinajstić information content (AvgIpc) is 2.48. The second kappa shape index (κ2) is 6.83. The van der Waals surface area contributed by atoms with Crippen molar-refractivity contribution in [2.24, 2.45) is 0 Å². The summed E-state index contributed by atoms with van der Waals surface area (Å²) in [4.78, 5) is 33.9. The molecule has 7 nitrogen and oxygen atoms in total. The van der Waals surface area contributed by atoms with Crippen LogP contribution in [0.1, 0.15) is 32.1 Å². The number of carbonyl (C=O) groups is 2. The van der Waals surface area contributed by atoms with Crippen molar-refractivity contribution in [1.82, 2.24) is 5.32 Å². The Morgan fingerprint density at radius 2 is 1.76 bits per heavy atom. The summed E-state index contributed by atoms with van der Waals surface area (Å²) in [5, 5.41) is 15.8. The maximum absolute atomic E-state index is 11.8. The molecule has 2 amide bonds. The van der Waals surface area contributed by atoms with E-state index in [0.29, 0.717) is 0 Å². The number of anilines is 1. The molecular weight excluding hydrogens is 274 g/mol. The van der Waals surface area contributed by atoms with E-state index in [1.165, 1.54) is 18.2 Å². The van der Waals surface area contributed by atoms with Crippen molar-refractivity contribution in [3.05, 3.63) is 34.4 Å². The molecule has 1 aromatic carbocycles. The molecule has 0 unspecified atom stereocenters. The maximum atomic E-state index is 11.8. The second-order valence-corrected chi connectivity index (χ2v) is 5.04. The van der Waals surface area contributed by atoms with Gasteiger partial charge in [-0.15, -0.1) is 0 Å². The summed E-state index contributed by atoms with van der Waals surface area (Å²) in [6.07, 6.45) is 4.96. The van der Waals surface area contributed by atoms with Crippen LogP contribution in [0.15, 0.2) is 24.3 Å². The van der Waals surface area contributed by atoms with Crippen LogP contribution in [0, 0.1) is 10.1 Å². The molecule has 0 spiro atoms. The lowest BCUT2D eigenvalue weighted by atomic mass is 9.95. The third-order valence-corrected chi connectivity index (χ3v) is 3.50. The Morgan fingerprint density at radius 3 is 2.43 bits per heavy atom. The molecule has 0 radical (unpaired) electrons. The summed E-state index contributed by atoms with van der Waals surface area (Å²) in [6, 6.07) is 5.73. The molecule has 1 aliphatic carbocycles. The van der Waals surface area contributed by atoms with Gasteiger partial charge in [-0.1, -0.05) is 31.4 Å². The minimum absolute atomic E-state index is 0.0164. The molecule has 0 bridgehead atoms. The van der Waals surface area contributed by atoms with Crippen molar-refractivity contribution < 1.29 is 14.5 Å². The molecule has 112 valence electrons. The molecule has 0 heterocycles. The highest BCUT2D eigenvalue weighted by molar-refractivity contribution is 6.39. The quantitative estimate of drug-likeness (QED) is 0.505. The summed E-state index contributed by atoms with van der Waals surface area (Å²) >= 11 is 0. The minimum atomic E-state index is -0.880. The normalized spacial score (nSPS) is 15.2. The summed E-state index contributed by atoms with van der Waals surface area (Å²) in [7, 11) is 0. The summed E-state index contributed by atoms with van der Waals surface area (Å²) in [5.74, 6) is -1.63. The average molecular weight is 291 g/mol. The lowest BCUT2D eigenvalue weighted by Gasteiger charge is -2.22. The van der Waals surface area contributed by atoms with E-state index in [0.717, 1.165) is 32.1 Å². The number of benzene rings is 1. The van der Waals surface area contributed by atoms with Crippen LogP contribution in [0.4, 0.5) is 11.4 Å². The lowest BCUT2D eigenvalue weighted by molar-refractivity contribution is -0.383. The Hall–Kier alpha value is -2.44. The molecule has 1 fully saturated rings. The zero-order valence-corrected chi connectivity index (χ0v) is 11.5. The molecule has 2 N–H and O–H groups in total. The van der Waals surface area contributed by atoms with Gasteiger partial charge < -0.3 is 10.6 Å². The van der Waals surface area contributed by atoms with Crippen LogP contribution in [0.25, 0.3) is 0 Å². The summed E-state index contributed by atoms with van der Waals surface area (Å²) < 4.78 is 0. The molecule has 0 saturated heterocycles. The van der Waals surface area contributed by atoms with Gasteiger partial charge in [0.2, 0.25) is 0 Å². The first kappa shape index (κ1) is 15.0. The largest absolute Gasteiger partial charge is 0.345 e. The fraction of sp³-hybridized carbons (Fsp3) is 0.429. The van der Waals surface area contributed by atoms with Crippen molar-refractivity contribution in [3.8, 4) is 0 Å². The van der Waals surface area contributed by atoms with Gasteiger partial charge in [-0.25, -0.2) is 0 Å². The molecule has 1 aromatic rings. The SMILES string of the molecule is O=C(Nc1ccccc1[N+](=O)[O-])C(=O)NC1CCCCC1. The topological polar surface area (TPSA) is 101 Å². The fourth-order valence-corrected chi connectivity index (χ4v) is 2.42. The van der Waals surface area contributed by atoms with E-state index in [2.05, 4.69) is 10.6 Å². The second-order valence-electron chi connectivity index (χ2n) is 5.04. The number of nitro groups is 1. The van der Waals surface area contributed by atoms with Crippen molar-refractivity contribution >= 4 is 23.2 Å². The molecule has 1 aliphatic rings. The number of nitrogens with zero attached hydrogens (tertiary/aromatic N) is 1. The van der Waals surface area contributed by atoms with Gasteiger partial charge in [0.25, 0.3) is 5.69 Å². The van der Waals surface area contributed by atoms with Crippen LogP contribution in [-0.4, -0.2) is 22.8 Å². The number of rotatable bonds is 3. The van der Waals surface area contributed by atoms with Crippen LogP contribution >= 0.6 is 0 Å². The fourth-order valence-electron chi connectivity index (χ4n) is 2.42. The van der Waals surface area contributed by atoms with Crippen LogP contribution < -0.4 is 10.6 Å². The maximum Gasteiger partial charge on any atom is 0.313 e. The van der Waals surface area contributed by atoms with E-state index in [1.54, 1.807) is 6.07 Å². The third kappa shape index (κ3) is 4.01. The number of hydrogen-bond acceptors (Lipinski definition) is 4. The molecule has 0 atom stereocenters. The van der Waals surface area contributed by atoms with Gasteiger partial charge in [0.1, 0.15) is 5.69 Å². The molecule has 0 aromatic heterocycles. The van der Waals surface area contributed by atoms with Gasteiger partial charge in [0.05, 0.1) is 4.92 Å². The van der Waals surface area contributed by atoms with Crippen molar-refractivity contribution in [2.75, 3.05) is 5.32 Å². The summed E-state index contributed by atoms with van der Waals surface area (Å²) in [5.41, 5.74) is -0.220. The standard InChI is InChI=1S/C14H17N3O4/c18-13(15-10-6-2-1-3-7-10)14(19)16-11-8-4-5-9-12(11)17(20)21/h4-5,8-10H,1-3,6-7H2,(H,15,18)(H,16,19). The monoisotopic (exact) mass is 291 g/mol. The molecule has 1 saturated carbocycles. The first-order valence-electron chi connectivity index (χ1n) is 6.93. The van der Waals surface area contributed by atoms with Crippen molar-refractivity contribution in [3.63, 3.8) is 0 Å². The summed E-state index contributed by atoms with van der Waals surface area (Å²) in [6.45, 7) is 0. The van der Waals surface area contributed by atoms with E-state index >= 15 is 0 Å². The van der Waals surface area contributed by atoms with Gasteiger partial charge in [-0.3, -0.25) is 19.7 Å². The zero-order chi connectivity index (χ0) is 15.2. The number of para-hydroxylation sites is 2.